The van der Waals surface area contributed by atoms with E-state index in [2.05, 4.69) is 47.1 Å². The zero-order valence-electron chi connectivity index (χ0n) is 38.6. The number of aromatic nitrogens is 4. The van der Waals surface area contributed by atoms with Crippen molar-refractivity contribution in [1.29, 1.82) is 0 Å². The number of aryl methyl sites for hydroxylation is 2. The highest BCUT2D eigenvalue weighted by atomic mass is 32.2. The summed E-state index contributed by atoms with van der Waals surface area (Å²) < 4.78 is 47.1. The first-order valence-electron chi connectivity index (χ1n) is 22.8. The molecule has 0 spiro atoms. The smallest absolute Gasteiger partial charge is 0.311 e. The van der Waals surface area contributed by atoms with E-state index in [0.717, 1.165) is 37.8 Å². The predicted molar refractivity (Wildman–Crippen MR) is 241 cm³/mol. The number of carbonyl (C=O) groups excluding carboxylic acids is 2. The van der Waals surface area contributed by atoms with Crippen LogP contribution in [0, 0.1) is 29.1 Å². The second-order valence-corrected chi connectivity index (χ2v) is 20.4. The van der Waals surface area contributed by atoms with Gasteiger partial charge in [0.2, 0.25) is 10.0 Å². The molecule has 2 N–H and O–H groups in total. The van der Waals surface area contributed by atoms with E-state index in [1.54, 1.807) is 25.2 Å². The lowest BCUT2D eigenvalue weighted by Gasteiger charge is -2.44. The summed E-state index contributed by atoms with van der Waals surface area (Å²) in [6.07, 6.45) is 11.2. The van der Waals surface area contributed by atoms with Gasteiger partial charge >= 0.3 is 11.9 Å². The summed E-state index contributed by atoms with van der Waals surface area (Å²) in [5.74, 6) is 1.49. The van der Waals surface area contributed by atoms with Crippen molar-refractivity contribution in [3.05, 3.63) is 58.0 Å². The Morgan fingerprint density at radius 3 is 2.44 bits per heavy atom. The number of nitrogens with one attached hydrogen (secondary N) is 1. The average molecular weight is 893 g/mol. The first-order valence-corrected chi connectivity index (χ1v) is 24.2. The number of aromatic amines is 1. The highest BCUT2D eigenvalue weighted by molar-refractivity contribution is 7.89. The number of cyclic esters (lactones) is 1. The molecule has 0 radical (unpaired) electrons. The number of carbonyl (C=O) groups is 2. The predicted octanol–water partition coefficient (Wildman–Crippen LogP) is 6.20. The van der Waals surface area contributed by atoms with E-state index < -0.39 is 21.5 Å². The molecule has 63 heavy (non-hydrogen) atoms. The number of esters is 2. The van der Waals surface area contributed by atoms with E-state index in [1.807, 2.05) is 41.7 Å². The van der Waals surface area contributed by atoms with Crippen LogP contribution in [-0.2, 0) is 42.6 Å². The minimum absolute atomic E-state index is 0.0949. The molecule has 0 saturated carbocycles. The maximum absolute atomic E-state index is 13.3. The monoisotopic (exact) mass is 892 g/mol. The molecule has 3 aromatic rings. The molecule has 2 aliphatic carbocycles. The molecule has 2 fully saturated rings. The number of benzene rings is 1. The molecule has 2 aliphatic heterocycles. The molecule has 7 atom stereocenters. The van der Waals surface area contributed by atoms with E-state index in [0.29, 0.717) is 85.7 Å². The SMILES string of the molecule is CCC(C)(C)C(=O)O[C@H]1C[C@@H](C)C=C2C=C[C@H](C)[C@H](CC[C@@H]3C[C@@H](O)CC(=O)O3)[C@H]21.CCCc1nn(C)c2c(=O)[nH]c(-c3cc(S(=O)(=O)N4CCN(C)CC4)ccc3OCC)nc12. The van der Waals surface area contributed by atoms with Crippen LogP contribution in [0.2, 0.25) is 0 Å². The zero-order chi connectivity index (χ0) is 45.8. The number of hydrogen-bond acceptors (Lipinski definition) is 12. The van der Waals surface area contributed by atoms with Crippen molar-refractivity contribution in [3.63, 3.8) is 0 Å². The number of aliphatic hydroxyl groups is 1. The van der Waals surface area contributed by atoms with Crippen molar-refractivity contribution in [2.24, 2.45) is 36.1 Å². The Morgan fingerprint density at radius 2 is 1.78 bits per heavy atom. The van der Waals surface area contributed by atoms with Gasteiger partial charge in [0.15, 0.2) is 5.52 Å². The lowest BCUT2D eigenvalue weighted by Crippen LogP contribution is -2.47. The van der Waals surface area contributed by atoms with Crippen molar-refractivity contribution < 1.29 is 37.3 Å². The van der Waals surface area contributed by atoms with Gasteiger partial charge in [-0.3, -0.25) is 19.1 Å². The number of piperazine rings is 1. The number of aliphatic hydroxyl groups excluding tert-OH is 1. The molecule has 4 aliphatic rings. The van der Waals surface area contributed by atoms with Crippen molar-refractivity contribution >= 4 is 33.0 Å². The fourth-order valence-corrected chi connectivity index (χ4v) is 10.6. The molecule has 2 aromatic heterocycles. The number of ether oxygens (including phenoxy) is 3. The Hall–Kier alpha value is -4.38. The van der Waals surface area contributed by atoms with Gasteiger partial charge in [0, 0.05) is 45.6 Å². The minimum Gasteiger partial charge on any atom is -0.493 e. The number of sulfonamides is 1. The Morgan fingerprint density at radius 1 is 1.05 bits per heavy atom. The van der Waals surface area contributed by atoms with Crippen molar-refractivity contribution in [2.45, 2.75) is 123 Å². The van der Waals surface area contributed by atoms with E-state index in [1.165, 1.54) is 14.6 Å². The fourth-order valence-electron chi connectivity index (χ4n) is 9.17. The Labute approximate surface area is 372 Å². The van der Waals surface area contributed by atoms with Crippen LogP contribution in [0.5, 0.6) is 5.75 Å². The first-order chi connectivity index (χ1) is 29.9. The van der Waals surface area contributed by atoms with E-state index in [9.17, 15) is 27.9 Å². The largest absolute Gasteiger partial charge is 0.493 e. The number of allylic oxidation sites excluding steroid dienone is 3. The number of nitrogens with zero attached hydrogens (tertiary/aromatic N) is 5. The molecule has 15 nitrogen and oxygen atoms in total. The number of rotatable bonds is 13. The highest BCUT2D eigenvalue weighted by Gasteiger charge is 2.43. The summed E-state index contributed by atoms with van der Waals surface area (Å²) >= 11 is 0. The molecule has 0 bridgehead atoms. The van der Waals surface area contributed by atoms with Crippen molar-refractivity contribution in [3.8, 4) is 17.1 Å². The summed E-state index contributed by atoms with van der Waals surface area (Å²) in [6.45, 7) is 16.8. The number of fused-ring (bicyclic) bond motifs is 2. The van der Waals surface area contributed by atoms with Crippen LogP contribution in [-0.4, -0.2) is 113 Å². The summed E-state index contributed by atoms with van der Waals surface area (Å²) in [5, 5.41) is 14.4. The lowest BCUT2D eigenvalue weighted by atomic mass is 9.65. The van der Waals surface area contributed by atoms with Gasteiger partial charge in [-0.15, -0.1) is 0 Å². The molecule has 4 heterocycles. The van der Waals surface area contributed by atoms with E-state index >= 15 is 0 Å². The second kappa shape index (κ2) is 20.2. The summed E-state index contributed by atoms with van der Waals surface area (Å²) in [5.41, 5.74) is 2.53. The Bertz CT molecular complexity index is 2350. The standard InChI is InChI=1S/C25H38O5.C22H30N6O4S/c1-6-25(4,5)24(28)30-21-12-15(2)11-17-8-7-16(3)20(23(17)21)10-9-19-13-18(26)14-22(27)29-19;1-5-7-17-19-20(27(4)25-17)22(29)24-21(23-19)16-14-15(8-9-18(16)32-6-2)33(30,31)28-12-10-26(3)11-13-28/h7-8,11,15-16,18-21,23,26H,6,9-10,12-14H2,1-5H3;8-9,14H,5-7,10-13H2,1-4H3,(H,23,24,29)/t15-,16-,18+,19+,20-,21-,23-;/m0./s1. The maximum atomic E-state index is 13.3. The van der Waals surface area contributed by atoms with Crippen LogP contribution < -0.4 is 10.3 Å². The van der Waals surface area contributed by atoms with Crippen LogP contribution in [0.15, 0.2) is 51.7 Å². The molecular formula is C47H68N6O9S. The van der Waals surface area contributed by atoms with Gasteiger partial charge in [0.05, 0.1) is 40.7 Å². The first kappa shape index (κ1) is 48.1. The minimum atomic E-state index is -3.70. The van der Waals surface area contributed by atoms with Gasteiger partial charge in [-0.25, -0.2) is 13.4 Å². The third-order valence-corrected chi connectivity index (χ3v) is 15.1. The highest BCUT2D eigenvalue weighted by Crippen LogP contribution is 2.46. The third-order valence-electron chi connectivity index (χ3n) is 13.2. The van der Waals surface area contributed by atoms with Gasteiger partial charge in [-0.2, -0.15) is 9.40 Å². The van der Waals surface area contributed by atoms with E-state index in [4.69, 9.17) is 19.2 Å². The fraction of sp³-hybridized carbons (Fsp3) is 0.638. The number of H-pyrrole nitrogens is 1. The molecule has 346 valence electrons. The lowest BCUT2D eigenvalue weighted by molar-refractivity contribution is -0.166. The van der Waals surface area contributed by atoms with Crippen molar-refractivity contribution in [1.82, 2.24) is 29.0 Å². The van der Waals surface area contributed by atoms with Crippen LogP contribution >= 0.6 is 0 Å². The molecule has 0 unspecified atom stereocenters. The molecule has 1 aromatic carbocycles. The Kier molecular flexibility index (Phi) is 15.4. The Balaban J connectivity index is 0.000000211. The molecule has 0 amide bonds. The summed E-state index contributed by atoms with van der Waals surface area (Å²) in [7, 11) is -0.00831. The summed E-state index contributed by atoms with van der Waals surface area (Å²) in [4.78, 5) is 47.2. The van der Waals surface area contributed by atoms with Crippen LogP contribution in [0.1, 0.15) is 99.1 Å². The summed E-state index contributed by atoms with van der Waals surface area (Å²) in [6, 6.07) is 4.71. The van der Waals surface area contributed by atoms with E-state index in [-0.39, 0.29) is 52.8 Å². The van der Waals surface area contributed by atoms with Crippen LogP contribution in [0.25, 0.3) is 22.4 Å². The van der Waals surface area contributed by atoms with Gasteiger partial charge in [0.1, 0.15) is 29.3 Å². The second-order valence-electron chi connectivity index (χ2n) is 18.5. The van der Waals surface area contributed by atoms with Crippen LogP contribution in [0.4, 0.5) is 0 Å². The van der Waals surface area contributed by atoms with Gasteiger partial charge < -0.3 is 29.2 Å². The third kappa shape index (κ3) is 10.9. The molecule has 2 saturated heterocycles. The van der Waals surface area contributed by atoms with Gasteiger partial charge in [0.25, 0.3) is 5.56 Å². The topological polar surface area (TPSA) is 186 Å². The number of hydrogen-bond donors (Lipinski definition) is 2. The molecule has 16 heteroatoms. The quantitative estimate of drug-likeness (QED) is 0.186. The maximum Gasteiger partial charge on any atom is 0.311 e. The van der Waals surface area contributed by atoms with Gasteiger partial charge in [-0.1, -0.05) is 52.3 Å². The normalized spacial score (nSPS) is 25.7. The van der Waals surface area contributed by atoms with Gasteiger partial charge in [-0.05, 0) is 101 Å². The zero-order valence-corrected chi connectivity index (χ0v) is 39.4. The number of likely N-dealkylation sites (N-methyl/N-ethyl adjacent to an activating group) is 1. The average Bonchev–Trinajstić information content (AvgIpc) is 3.55. The van der Waals surface area contributed by atoms with Crippen LogP contribution in [0.3, 0.4) is 0 Å². The molecule has 7 rings (SSSR count). The molecular weight excluding hydrogens is 825 g/mol. The van der Waals surface area contributed by atoms with Crippen molar-refractivity contribution in [2.75, 3.05) is 39.8 Å².